The minimum Gasteiger partial charge on any atom is -0.497 e. The van der Waals surface area contributed by atoms with E-state index >= 15 is 0 Å². The van der Waals surface area contributed by atoms with Gasteiger partial charge in [0.05, 0.1) is 24.7 Å². The van der Waals surface area contributed by atoms with Crippen LogP contribution >= 0.6 is 0 Å². The summed E-state index contributed by atoms with van der Waals surface area (Å²) in [6, 6.07) is 19.2. The van der Waals surface area contributed by atoms with Crippen LogP contribution in [0.5, 0.6) is 11.5 Å². The second-order valence-electron chi connectivity index (χ2n) is 7.80. The quantitative estimate of drug-likeness (QED) is 0.341. The fourth-order valence-electron chi connectivity index (χ4n) is 3.43. The van der Waals surface area contributed by atoms with Gasteiger partial charge in [-0.3, -0.25) is 4.79 Å². The average molecular weight is 496 g/mol. The zero-order chi connectivity index (χ0) is 25.5. The van der Waals surface area contributed by atoms with Crippen molar-refractivity contribution in [3.8, 4) is 11.5 Å². The lowest BCUT2D eigenvalue weighted by molar-refractivity contribution is -0.137. The number of alkyl halides is 3. The number of para-hydroxylation sites is 1. The van der Waals surface area contributed by atoms with Crippen LogP contribution in [-0.2, 0) is 24.1 Å². The van der Waals surface area contributed by atoms with Crippen LogP contribution in [0.3, 0.4) is 0 Å². The predicted molar refractivity (Wildman–Crippen MR) is 129 cm³/mol. The summed E-state index contributed by atoms with van der Waals surface area (Å²) >= 11 is 0. The van der Waals surface area contributed by atoms with Gasteiger partial charge in [-0.2, -0.15) is 13.2 Å². The summed E-state index contributed by atoms with van der Waals surface area (Å²) in [5.41, 5.74) is 0.380. The van der Waals surface area contributed by atoms with Gasteiger partial charge in [-0.1, -0.05) is 24.3 Å². The number of hydrogen-bond acceptors (Lipinski definition) is 6. The summed E-state index contributed by atoms with van der Waals surface area (Å²) < 4.78 is 49.7. The van der Waals surface area contributed by atoms with Gasteiger partial charge in [0, 0.05) is 11.9 Å². The number of anilines is 1. The van der Waals surface area contributed by atoms with Crippen molar-refractivity contribution in [3.63, 3.8) is 0 Å². The first-order chi connectivity index (χ1) is 17.3. The first kappa shape index (κ1) is 24.8. The third-order valence-electron chi connectivity index (χ3n) is 5.24. The smallest absolute Gasteiger partial charge is 0.416 e. The molecule has 36 heavy (non-hydrogen) atoms. The Morgan fingerprint density at radius 1 is 0.917 bits per heavy atom. The predicted octanol–water partition coefficient (Wildman–Crippen LogP) is 4.96. The molecule has 0 bridgehead atoms. The minimum atomic E-state index is -4.42. The first-order valence-electron chi connectivity index (χ1n) is 11.0. The minimum absolute atomic E-state index is 0.0495. The van der Waals surface area contributed by atoms with E-state index in [-0.39, 0.29) is 25.6 Å². The summed E-state index contributed by atoms with van der Waals surface area (Å²) in [6.07, 6.45) is -4.42. The number of methoxy groups -OCH3 is 1. The number of benzene rings is 3. The highest BCUT2D eigenvalue weighted by Crippen LogP contribution is 2.30. The Morgan fingerprint density at radius 2 is 1.67 bits per heavy atom. The summed E-state index contributed by atoms with van der Waals surface area (Å²) in [5, 5.41) is 6.53. The molecule has 0 radical (unpaired) electrons. The van der Waals surface area contributed by atoms with Crippen molar-refractivity contribution in [2.45, 2.75) is 19.3 Å². The Balaban J connectivity index is 1.41. The monoisotopic (exact) mass is 496 g/mol. The number of ether oxygens (including phenoxy) is 2. The van der Waals surface area contributed by atoms with Gasteiger partial charge in [-0.05, 0) is 54.1 Å². The van der Waals surface area contributed by atoms with E-state index in [1.165, 1.54) is 6.07 Å². The zero-order valence-electron chi connectivity index (χ0n) is 19.3. The third kappa shape index (κ3) is 6.41. The van der Waals surface area contributed by atoms with Gasteiger partial charge in [-0.25, -0.2) is 9.97 Å². The van der Waals surface area contributed by atoms with Crippen LogP contribution in [0.15, 0.2) is 72.8 Å². The van der Waals surface area contributed by atoms with Gasteiger partial charge < -0.3 is 20.1 Å². The summed E-state index contributed by atoms with van der Waals surface area (Å²) in [4.78, 5) is 21.2. The van der Waals surface area contributed by atoms with Gasteiger partial charge in [0.2, 0.25) is 0 Å². The van der Waals surface area contributed by atoms with E-state index in [9.17, 15) is 18.0 Å². The molecule has 0 fully saturated rings. The molecule has 4 rings (SSSR count). The van der Waals surface area contributed by atoms with E-state index in [1.54, 1.807) is 43.5 Å². The van der Waals surface area contributed by atoms with Gasteiger partial charge >= 0.3 is 6.18 Å². The summed E-state index contributed by atoms with van der Waals surface area (Å²) in [5.74, 6) is 1.64. The maximum absolute atomic E-state index is 13.0. The van der Waals surface area contributed by atoms with Crippen LogP contribution in [0.25, 0.3) is 10.9 Å². The number of carbonyl (C=O) groups excluding carboxylic acids is 1. The summed E-state index contributed by atoms with van der Waals surface area (Å²) in [7, 11) is 1.56. The van der Waals surface area contributed by atoms with Crippen molar-refractivity contribution in [1.29, 1.82) is 0 Å². The normalized spacial score (nSPS) is 11.2. The van der Waals surface area contributed by atoms with Crippen LogP contribution < -0.4 is 20.1 Å². The Morgan fingerprint density at radius 3 is 2.42 bits per heavy atom. The van der Waals surface area contributed by atoms with E-state index < -0.39 is 11.7 Å². The fourth-order valence-corrected chi connectivity index (χ4v) is 3.43. The highest BCUT2D eigenvalue weighted by atomic mass is 19.4. The van der Waals surface area contributed by atoms with E-state index in [0.717, 1.165) is 12.1 Å². The number of nitrogens with one attached hydrogen (secondary N) is 2. The van der Waals surface area contributed by atoms with Crippen molar-refractivity contribution in [2.75, 3.05) is 19.0 Å². The lowest BCUT2D eigenvalue weighted by Crippen LogP contribution is -2.29. The molecule has 1 heterocycles. The molecule has 0 aliphatic heterocycles. The number of fused-ring (bicyclic) bond motifs is 1. The van der Waals surface area contributed by atoms with Gasteiger partial charge in [0.1, 0.15) is 17.3 Å². The number of carbonyl (C=O) groups is 1. The van der Waals surface area contributed by atoms with Crippen molar-refractivity contribution >= 4 is 22.6 Å². The molecule has 1 aromatic heterocycles. The molecular weight excluding hydrogens is 473 g/mol. The fraction of sp³-hybridized carbons (Fsp3) is 0.192. The number of hydrogen-bond donors (Lipinski definition) is 2. The Bertz CT molecular complexity index is 1340. The number of rotatable bonds is 9. The molecule has 0 unspecified atom stereocenters. The lowest BCUT2D eigenvalue weighted by atomic mass is 10.1. The van der Waals surface area contributed by atoms with Crippen molar-refractivity contribution in [2.24, 2.45) is 0 Å². The molecule has 2 N–H and O–H groups in total. The summed E-state index contributed by atoms with van der Waals surface area (Å²) in [6.45, 7) is -0.0130. The van der Waals surface area contributed by atoms with Crippen LogP contribution in [0.4, 0.5) is 19.0 Å². The molecule has 1 amide bonds. The van der Waals surface area contributed by atoms with Crippen molar-refractivity contribution in [3.05, 3.63) is 89.7 Å². The molecule has 0 spiro atoms. The average Bonchev–Trinajstić information content (AvgIpc) is 2.89. The van der Waals surface area contributed by atoms with Crippen LogP contribution in [0.2, 0.25) is 0 Å². The molecule has 7 nitrogen and oxygen atoms in total. The highest BCUT2D eigenvalue weighted by molar-refractivity contribution is 5.89. The van der Waals surface area contributed by atoms with E-state index in [4.69, 9.17) is 9.47 Å². The molecule has 0 aliphatic carbocycles. The zero-order valence-corrected chi connectivity index (χ0v) is 19.3. The standard InChI is InChI=1S/C26H23F3N4O3/c1-35-19-9-11-20(12-10-19)36-16-24(34)30-15-23-32-22-8-3-2-7-21(22)25(33-23)31-14-17-5-4-6-18(13-17)26(27,28)29/h2-13H,14-16H2,1H3,(H,30,34)(H,31,32,33). The molecule has 10 heteroatoms. The molecule has 0 atom stereocenters. The van der Waals surface area contributed by atoms with Gasteiger partial charge in [0.15, 0.2) is 12.4 Å². The van der Waals surface area contributed by atoms with E-state index in [0.29, 0.717) is 39.6 Å². The molecular formula is C26H23F3N4O3. The van der Waals surface area contributed by atoms with Crippen LogP contribution in [-0.4, -0.2) is 29.6 Å². The van der Waals surface area contributed by atoms with Crippen molar-refractivity contribution in [1.82, 2.24) is 15.3 Å². The van der Waals surface area contributed by atoms with Crippen LogP contribution in [0, 0.1) is 0 Å². The van der Waals surface area contributed by atoms with Gasteiger partial charge in [0.25, 0.3) is 5.91 Å². The number of aromatic nitrogens is 2. The van der Waals surface area contributed by atoms with Gasteiger partial charge in [-0.15, -0.1) is 0 Å². The second-order valence-corrected chi connectivity index (χ2v) is 7.80. The van der Waals surface area contributed by atoms with E-state index in [2.05, 4.69) is 20.6 Å². The van der Waals surface area contributed by atoms with E-state index in [1.807, 2.05) is 18.2 Å². The maximum Gasteiger partial charge on any atom is 0.416 e. The number of amides is 1. The Hall–Kier alpha value is -4.34. The largest absolute Gasteiger partial charge is 0.497 e. The Labute approximate surface area is 205 Å². The first-order valence-corrected chi connectivity index (χ1v) is 11.0. The van der Waals surface area contributed by atoms with Crippen molar-refractivity contribution < 1.29 is 27.4 Å². The molecule has 3 aromatic carbocycles. The van der Waals surface area contributed by atoms with Crippen LogP contribution in [0.1, 0.15) is 17.0 Å². The molecule has 0 aliphatic rings. The topological polar surface area (TPSA) is 85.4 Å². The Kier molecular flexibility index (Phi) is 7.53. The number of halogens is 3. The second kappa shape index (κ2) is 10.9. The maximum atomic E-state index is 13.0. The molecule has 0 saturated carbocycles. The lowest BCUT2D eigenvalue weighted by Gasteiger charge is -2.13. The molecule has 4 aromatic rings. The SMILES string of the molecule is COc1ccc(OCC(=O)NCc2nc(NCc3cccc(C(F)(F)F)c3)c3ccccc3n2)cc1. The molecule has 186 valence electrons. The molecule has 0 saturated heterocycles. The highest BCUT2D eigenvalue weighted by Gasteiger charge is 2.30. The number of nitrogens with zero attached hydrogens (tertiary/aromatic N) is 2. The third-order valence-corrected chi connectivity index (χ3v) is 5.24.